The van der Waals surface area contributed by atoms with Crippen LogP contribution in [0.2, 0.25) is 0 Å². The zero-order valence-corrected chi connectivity index (χ0v) is 10.8. The topological polar surface area (TPSA) is 32.3 Å². The number of rotatable bonds is 2. The van der Waals surface area contributed by atoms with Gasteiger partial charge >= 0.3 is 0 Å². The minimum atomic E-state index is -0.956. The van der Waals surface area contributed by atoms with E-state index in [1.165, 1.54) is 0 Å². The van der Waals surface area contributed by atoms with E-state index in [1.807, 2.05) is 18.2 Å². The van der Waals surface area contributed by atoms with Crippen molar-refractivity contribution in [3.63, 3.8) is 0 Å². The Morgan fingerprint density at radius 3 is 2.27 bits per heavy atom. The van der Waals surface area contributed by atoms with Crippen molar-refractivity contribution in [3.05, 3.63) is 23.8 Å². The van der Waals surface area contributed by atoms with Gasteiger partial charge in [-0.2, -0.15) is 0 Å². The molecule has 0 heterocycles. The lowest BCUT2D eigenvalue weighted by atomic mass is 9.86. The van der Waals surface area contributed by atoms with Gasteiger partial charge in [0.1, 0.15) is 12.0 Å². The maximum atomic E-state index is 11.3. The van der Waals surface area contributed by atoms with Gasteiger partial charge in [0.15, 0.2) is 4.90 Å². The van der Waals surface area contributed by atoms with Gasteiger partial charge < -0.3 is 9.29 Å². The third kappa shape index (κ3) is 2.89. The number of benzene rings is 1. The highest BCUT2D eigenvalue weighted by atomic mass is 32.2. The molecule has 1 rings (SSSR count). The summed E-state index contributed by atoms with van der Waals surface area (Å²) < 4.78 is 16.7. The Morgan fingerprint density at radius 2 is 1.87 bits per heavy atom. The van der Waals surface area contributed by atoms with Crippen molar-refractivity contribution in [3.8, 4) is 5.75 Å². The molecule has 1 atom stereocenters. The minimum absolute atomic E-state index is 0.0408. The second-order valence-electron chi connectivity index (χ2n) is 4.57. The largest absolute Gasteiger partial charge is 0.612 e. The summed E-state index contributed by atoms with van der Waals surface area (Å²) in [5.74, 6) is 0.815. The van der Waals surface area contributed by atoms with Crippen molar-refractivity contribution >= 4 is 11.2 Å². The minimum Gasteiger partial charge on any atom is -0.612 e. The molecule has 0 N–H and O–H groups in total. The van der Waals surface area contributed by atoms with Gasteiger partial charge in [0.2, 0.25) is 0 Å². The zero-order valence-electron chi connectivity index (χ0n) is 9.96. The molecule has 0 aliphatic heterocycles. The number of hydrogen-bond donors (Lipinski definition) is 0. The molecule has 1 unspecified atom stereocenters. The average Bonchev–Trinajstić information content (AvgIpc) is 2.15. The molecule has 0 spiro atoms. The molecule has 0 fully saturated rings. The summed E-state index contributed by atoms with van der Waals surface area (Å²) in [6.07, 6.45) is 1.67. The summed E-state index contributed by atoms with van der Waals surface area (Å²) in [6.45, 7) is 6.40. The van der Waals surface area contributed by atoms with Crippen molar-refractivity contribution in [1.29, 1.82) is 0 Å². The van der Waals surface area contributed by atoms with Crippen LogP contribution in [-0.4, -0.2) is 17.9 Å². The SMILES string of the molecule is COc1cc([S+](C)[O-])ccc1C(C)(C)C. The highest BCUT2D eigenvalue weighted by Crippen LogP contribution is 2.32. The van der Waals surface area contributed by atoms with Crippen LogP contribution in [0.4, 0.5) is 0 Å². The summed E-state index contributed by atoms with van der Waals surface area (Å²) in [4.78, 5) is 0.805. The van der Waals surface area contributed by atoms with E-state index >= 15 is 0 Å². The Morgan fingerprint density at radius 1 is 1.27 bits per heavy atom. The van der Waals surface area contributed by atoms with Crippen LogP contribution in [0, 0.1) is 0 Å². The van der Waals surface area contributed by atoms with Gasteiger partial charge in [-0.1, -0.05) is 20.8 Å². The van der Waals surface area contributed by atoms with Crippen LogP contribution in [-0.2, 0) is 16.6 Å². The molecule has 15 heavy (non-hydrogen) atoms. The smallest absolute Gasteiger partial charge is 0.156 e. The molecular weight excluding hydrogens is 208 g/mol. The van der Waals surface area contributed by atoms with E-state index in [0.29, 0.717) is 0 Å². The standard InChI is InChI=1S/C12H18O2S/c1-12(2,3)10-7-6-9(15(5)13)8-11(10)14-4/h6-8H,1-5H3. The summed E-state index contributed by atoms with van der Waals surface area (Å²) in [6, 6.07) is 5.76. The lowest BCUT2D eigenvalue weighted by molar-refractivity contribution is 0.396. The normalized spacial score (nSPS) is 13.7. The van der Waals surface area contributed by atoms with E-state index in [0.717, 1.165) is 16.2 Å². The fraction of sp³-hybridized carbons (Fsp3) is 0.500. The third-order valence-corrected chi connectivity index (χ3v) is 3.23. The van der Waals surface area contributed by atoms with Gasteiger partial charge in [-0.3, -0.25) is 0 Å². The number of ether oxygens (including phenoxy) is 1. The zero-order chi connectivity index (χ0) is 11.6. The first-order valence-corrected chi connectivity index (χ1v) is 6.44. The Bertz CT molecular complexity index is 340. The van der Waals surface area contributed by atoms with Gasteiger partial charge in [0.25, 0.3) is 0 Å². The molecule has 84 valence electrons. The van der Waals surface area contributed by atoms with E-state index in [2.05, 4.69) is 20.8 Å². The van der Waals surface area contributed by atoms with Crippen molar-refractivity contribution in [2.45, 2.75) is 31.1 Å². The fourth-order valence-corrected chi connectivity index (χ4v) is 2.00. The summed E-state index contributed by atoms with van der Waals surface area (Å²) >= 11 is -0.956. The molecule has 2 nitrogen and oxygen atoms in total. The van der Waals surface area contributed by atoms with Crippen molar-refractivity contribution < 1.29 is 9.29 Å². The van der Waals surface area contributed by atoms with Crippen LogP contribution < -0.4 is 4.74 Å². The summed E-state index contributed by atoms with van der Waals surface area (Å²) in [7, 11) is 1.65. The Kier molecular flexibility index (Phi) is 3.68. The van der Waals surface area contributed by atoms with Gasteiger partial charge in [-0.25, -0.2) is 0 Å². The van der Waals surface area contributed by atoms with Crippen molar-refractivity contribution in [2.75, 3.05) is 13.4 Å². The van der Waals surface area contributed by atoms with Crippen LogP contribution in [0.5, 0.6) is 5.75 Å². The monoisotopic (exact) mass is 226 g/mol. The van der Waals surface area contributed by atoms with E-state index in [1.54, 1.807) is 13.4 Å². The van der Waals surface area contributed by atoms with Gasteiger partial charge in [-0.15, -0.1) is 0 Å². The van der Waals surface area contributed by atoms with Crippen LogP contribution in [0.15, 0.2) is 23.1 Å². The molecule has 0 aromatic heterocycles. The molecular formula is C12H18O2S. The Hall–Kier alpha value is -0.670. The molecule has 3 heteroatoms. The lowest BCUT2D eigenvalue weighted by Gasteiger charge is -2.22. The number of hydrogen-bond acceptors (Lipinski definition) is 2. The maximum Gasteiger partial charge on any atom is 0.156 e. The highest BCUT2D eigenvalue weighted by molar-refractivity contribution is 7.90. The predicted molar refractivity (Wildman–Crippen MR) is 64.0 cm³/mol. The average molecular weight is 226 g/mol. The van der Waals surface area contributed by atoms with Crippen LogP contribution >= 0.6 is 0 Å². The van der Waals surface area contributed by atoms with E-state index < -0.39 is 11.2 Å². The predicted octanol–water partition coefficient (Wildman–Crippen LogP) is 2.73. The molecule has 0 amide bonds. The molecule has 0 aliphatic carbocycles. The molecule has 0 saturated heterocycles. The lowest BCUT2D eigenvalue weighted by Crippen LogP contribution is -2.13. The molecule has 0 aliphatic rings. The molecule has 0 saturated carbocycles. The fourth-order valence-electron chi connectivity index (χ4n) is 1.47. The Labute approximate surface area is 94.8 Å². The maximum absolute atomic E-state index is 11.3. The van der Waals surface area contributed by atoms with E-state index in [4.69, 9.17) is 4.74 Å². The first kappa shape index (κ1) is 12.4. The molecule has 1 aromatic carbocycles. The molecule has 1 aromatic rings. The summed E-state index contributed by atoms with van der Waals surface area (Å²) in [5, 5.41) is 0. The summed E-state index contributed by atoms with van der Waals surface area (Å²) in [5.41, 5.74) is 1.18. The van der Waals surface area contributed by atoms with Gasteiger partial charge in [0.05, 0.1) is 7.11 Å². The van der Waals surface area contributed by atoms with Crippen LogP contribution in [0.1, 0.15) is 26.3 Å². The van der Waals surface area contributed by atoms with E-state index in [9.17, 15) is 4.55 Å². The first-order chi connectivity index (χ1) is 6.86. The Balaban J connectivity index is 3.21. The number of methoxy groups -OCH3 is 1. The van der Waals surface area contributed by atoms with Crippen LogP contribution in [0.25, 0.3) is 0 Å². The molecule has 0 bridgehead atoms. The van der Waals surface area contributed by atoms with Crippen molar-refractivity contribution in [1.82, 2.24) is 0 Å². The quantitative estimate of drug-likeness (QED) is 0.726. The first-order valence-electron chi connectivity index (χ1n) is 4.88. The van der Waals surface area contributed by atoms with E-state index in [-0.39, 0.29) is 5.41 Å². The van der Waals surface area contributed by atoms with Crippen LogP contribution in [0.3, 0.4) is 0 Å². The second kappa shape index (κ2) is 4.45. The van der Waals surface area contributed by atoms with Gasteiger partial charge in [0, 0.05) is 6.07 Å². The third-order valence-electron chi connectivity index (χ3n) is 2.31. The highest BCUT2D eigenvalue weighted by Gasteiger charge is 2.20. The second-order valence-corrected chi connectivity index (χ2v) is 5.95. The van der Waals surface area contributed by atoms with Gasteiger partial charge in [-0.05, 0) is 34.3 Å². The molecule has 0 radical (unpaired) electrons. The van der Waals surface area contributed by atoms with Crippen molar-refractivity contribution in [2.24, 2.45) is 0 Å².